The fourth-order valence-electron chi connectivity index (χ4n) is 0.899. The molecule has 0 aliphatic heterocycles. The van der Waals surface area contributed by atoms with Crippen LogP contribution in [0.3, 0.4) is 0 Å². The van der Waals surface area contributed by atoms with E-state index in [2.05, 4.69) is 10.9 Å². The first kappa shape index (κ1) is 7.83. The maximum atomic E-state index is 9.54. The Bertz CT molecular complexity index is 293. The second kappa shape index (κ2) is 2.40. The third-order valence-corrected chi connectivity index (χ3v) is 1.54. The first-order valence-corrected chi connectivity index (χ1v) is 3.26. The summed E-state index contributed by atoms with van der Waals surface area (Å²) in [6, 6.07) is 0. The SMILES string of the molecule is C#C[C@@](C)(O)c1nccn1C. The smallest absolute Gasteiger partial charge is 0.180 e. The van der Waals surface area contributed by atoms with Gasteiger partial charge in [0, 0.05) is 19.4 Å². The summed E-state index contributed by atoms with van der Waals surface area (Å²) < 4.78 is 1.69. The van der Waals surface area contributed by atoms with Crippen molar-refractivity contribution >= 4 is 0 Å². The van der Waals surface area contributed by atoms with E-state index >= 15 is 0 Å². The quantitative estimate of drug-likeness (QED) is 0.583. The molecule has 11 heavy (non-hydrogen) atoms. The van der Waals surface area contributed by atoms with Gasteiger partial charge in [-0.1, -0.05) is 5.92 Å². The number of imidazole rings is 1. The summed E-state index contributed by atoms with van der Waals surface area (Å²) in [5.74, 6) is 2.74. The van der Waals surface area contributed by atoms with Crippen molar-refractivity contribution in [2.24, 2.45) is 7.05 Å². The lowest BCUT2D eigenvalue weighted by atomic mass is 10.1. The summed E-state index contributed by atoms with van der Waals surface area (Å²) in [7, 11) is 1.79. The Morgan fingerprint density at radius 3 is 2.82 bits per heavy atom. The lowest BCUT2D eigenvalue weighted by molar-refractivity contribution is 0.109. The minimum Gasteiger partial charge on any atom is -0.371 e. The van der Waals surface area contributed by atoms with E-state index in [1.807, 2.05) is 0 Å². The second-order valence-electron chi connectivity index (χ2n) is 2.58. The van der Waals surface area contributed by atoms with Crippen LogP contribution in [0, 0.1) is 12.3 Å². The van der Waals surface area contributed by atoms with Crippen molar-refractivity contribution < 1.29 is 5.11 Å². The molecule has 0 aliphatic rings. The van der Waals surface area contributed by atoms with Crippen LogP contribution in [0.15, 0.2) is 12.4 Å². The molecule has 3 heteroatoms. The van der Waals surface area contributed by atoms with Crippen molar-refractivity contribution in [3.05, 3.63) is 18.2 Å². The van der Waals surface area contributed by atoms with Crippen LogP contribution in [0.4, 0.5) is 0 Å². The van der Waals surface area contributed by atoms with Crippen LogP contribution in [0.1, 0.15) is 12.7 Å². The molecule has 0 spiro atoms. The molecule has 1 aromatic heterocycles. The summed E-state index contributed by atoms with van der Waals surface area (Å²) >= 11 is 0. The average molecular weight is 150 g/mol. The molecule has 1 N–H and O–H groups in total. The van der Waals surface area contributed by atoms with Crippen LogP contribution in [-0.2, 0) is 12.6 Å². The summed E-state index contributed by atoms with van der Waals surface area (Å²) in [4.78, 5) is 3.93. The first-order valence-electron chi connectivity index (χ1n) is 3.26. The van der Waals surface area contributed by atoms with E-state index in [1.54, 1.807) is 24.0 Å². The molecule has 0 amide bonds. The molecular weight excluding hydrogens is 140 g/mol. The maximum Gasteiger partial charge on any atom is 0.180 e. The van der Waals surface area contributed by atoms with Crippen molar-refractivity contribution in [1.29, 1.82) is 0 Å². The Hall–Kier alpha value is -1.27. The molecule has 1 aromatic rings. The van der Waals surface area contributed by atoms with Crippen LogP contribution in [0.2, 0.25) is 0 Å². The van der Waals surface area contributed by atoms with Gasteiger partial charge >= 0.3 is 0 Å². The van der Waals surface area contributed by atoms with Crippen molar-refractivity contribution in [3.8, 4) is 12.3 Å². The van der Waals surface area contributed by atoms with Crippen molar-refractivity contribution in [1.82, 2.24) is 9.55 Å². The van der Waals surface area contributed by atoms with Gasteiger partial charge in [0.1, 0.15) is 0 Å². The maximum absolute atomic E-state index is 9.54. The summed E-state index contributed by atoms with van der Waals surface area (Å²) in [6.07, 6.45) is 8.45. The van der Waals surface area contributed by atoms with Gasteiger partial charge in [0.25, 0.3) is 0 Å². The number of rotatable bonds is 1. The molecule has 0 fully saturated rings. The zero-order valence-corrected chi connectivity index (χ0v) is 6.57. The fourth-order valence-corrected chi connectivity index (χ4v) is 0.899. The summed E-state index contributed by atoms with van der Waals surface area (Å²) in [5, 5.41) is 9.54. The molecule has 0 unspecified atom stereocenters. The molecule has 1 atom stereocenters. The van der Waals surface area contributed by atoms with Gasteiger partial charge in [0.05, 0.1) is 0 Å². The number of aromatic nitrogens is 2. The lowest BCUT2D eigenvalue weighted by Crippen LogP contribution is -2.22. The number of hydrogen-bond acceptors (Lipinski definition) is 2. The Kier molecular flexibility index (Phi) is 1.71. The van der Waals surface area contributed by atoms with Gasteiger partial charge in [-0.3, -0.25) is 0 Å². The topological polar surface area (TPSA) is 38.1 Å². The molecule has 0 saturated carbocycles. The van der Waals surface area contributed by atoms with Gasteiger partial charge in [0.15, 0.2) is 11.4 Å². The predicted octanol–water partition coefficient (Wildman–Crippen LogP) is 0.261. The van der Waals surface area contributed by atoms with E-state index in [9.17, 15) is 5.11 Å². The van der Waals surface area contributed by atoms with Crippen molar-refractivity contribution in [2.75, 3.05) is 0 Å². The molecule has 3 nitrogen and oxygen atoms in total. The highest BCUT2D eigenvalue weighted by Crippen LogP contribution is 2.15. The highest BCUT2D eigenvalue weighted by Gasteiger charge is 2.23. The van der Waals surface area contributed by atoms with Gasteiger partial charge < -0.3 is 9.67 Å². The van der Waals surface area contributed by atoms with E-state index < -0.39 is 5.60 Å². The lowest BCUT2D eigenvalue weighted by Gasteiger charge is -2.14. The predicted molar refractivity (Wildman–Crippen MR) is 41.6 cm³/mol. The van der Waals surface area contributed by atoms with Crippen molar-refractivity contribution in [2.45, 2.75) is 12.5 Å². The number of aryl methyl sites for hydroxylation is 1. The Balaban J connectivity index is 3.13. The molecular formula is C8H10N2O. The van der Waals surface area contributed by atoms with Gasteiger partial charge in [-0.2, -0.15) is 0 Å². The molecule has 0 aromatic carbocycles. The number of aliphatic hydroxyl groups is 1. The largest absolute Gasteiger partial charge is 0.371 e. The van der Waals surface area contributed by atoms with E-state index in [1.165, 1.54) is 6.92 Å². The minimum absolute atomic E-state index is 0.486. The average Bonchev–Trinajstić information content (AvgIpc) is 2.36. The molecule has 1 rings (SSSR count). The summed E-state index contributed by atoms with van der Waals surface area (Å²) in [5.41, 5.74) is -1.27. The van der Waals surface area contributed by atoms with Crippen LogP contribution in [0.25, 0.3) is 0 Å². The van der Waals surface area contributed by atoms with Gasteiger partial charge in [-0.05, 0) is 6.92 Å². The molecule has 0 saturated heterocycles. The van der Waals surface area contributed by atoms with Crippen LogP contribution >= 0.6 is 0 Å². The van der Waals surface area contributed by atoms with Crippen molar-refractivity contribution in [3.63, 3.8) is 0 Å². The van der Waals surface area contributed by atoms with E-state index in [-0.39, 0.29) is 0 Å². The zero-order chi connectivity index (χ0) is 8.48. The normalized spacial score (nSPS) is 15.5. The molecule has 1 heterocycles. The van der Waals surface area contributed by atoms with Crippen LogP contribution in [0.5, 0.6) is 0 Å². The highest BCUT2D eigenvalue weighted by molar-refractivity contribution is 5.16. The van der Waals surface area contributed by atoms with E-state index in [4.69, 9.17) is 6.42 Å². The summed E-state index contributed by atoms with van der Waals surface area (Å²) in [6.45, 7) is 1.54. The third kappa shape index (κ3) is 1.26. The van der Waals surface area contributed by atoms with E-state index in [0.29, 0.717) is 5.82 Å². The Morgan fingerprint density at radius 2 is 2.45 bits per heavy atom. The standard InChI is InChI=1S/C8H10N2O/c1-4-8(2,11)7-9-5-6-10(7)3/h1,5-6,11H,2-3H3/t8-/m1/s1. The number of nitrogens with zero attached hydrogens (tertiary/aromatic N) is 2. The van der Waals surface area contributed by atoms with Crippen LogP contribution < -0.4 is 0 Å². The molecule has 0 bridgehead atoms. The second-order valence-corrected chi connectivity index (χ2v) is 2.58. The van der Waals surface area contributed by atoms with E-state index in [0.717, 1.165) is 0 Å². The molecule has 0 radical (unpaired) electrons. The van der Waals surface area contributed by atoms with Gasteiger partial charge in [-0.25, -0.2) is 4.98 Å². The van der Waals surface area contributed by atoms with Gasteiger partial charge in [0.2, 0.25) is 0 Å². The van der Waals surface area contributed by atoms with Crippen LogP contribution in [-0.4, -0.2) is 14.7 Å². The zero-order valence-electron chi connectivity index (χ0n) is 6.57. The minimum atomic E-state index is -1.27. The molecule has 58 valence electrons. The molecule has 0 aliphatic carbocycles. The Labute approximate surface area is 65.7 Å². The first-order chi connectivity index (χ1) is 5.08. The fraction of sp³-hybridized carbons (Fsp3) is 0.375. The highest BCUT2D eigenvalue weighted by atomic mass is 16.3. The monoisotopic (exact) mass is 150 g/mol. The third-order valence-electron chi connectivity index (χ3n) is 1.54. The van der Waals surface area contributed by atoms with Gasteiger partial charge in [-0.15, -0.1) is 6.42 Å². The number of terminal acetylenes is 1. The Morgan fingerprint density at radius 1 is 1.82 bits per heavy atom. The number of hydrogen-bond donors (Lipinski definition) is 1.